The third-order valence-corrected chi connectivity index (χ3v) is 4.56. The normalized spacial score (nSPS) is 10.8. The van der Waals surface area contributed by atoms with Crippen LogP contribution in [-0.4, -0.2) is 18.1 Å². The topological polar surface area (TPSA) is 65.2 Å². The lowest BCUT2D eigenvalue weighted by atomic mass is 10.2. The van der Waals surface area contributed by atoms with E-state index in [1.54, 1.807) is 11.3 Å². The summed E-state index contributed by atoms with van der Waals surface area (Å²) in [5, 5.41) is 4.83. The monoisotopic (exact) mass is 290 g/mol. The fourth-order valence-corrected chi connectivity index (χ4v) is 3.47. The van der Waals surface area contributed by atoms with Gasteiger partial charge in [-0.2, -0.15) is 11.3 Å². The lowest BCUT2D eigenvalue weighted by molar-refractivity contribution is 0.0607. The van der Waals surface area contributed by atoms with Gasteiger partial charge in [0.2, 0.25) is 0 Å². The van der Waals surface area contributed by atoms with Crippen molar-refractivity contribution < 1.29 is 9.53 Å². The Kier molecular flexibility index (Phi) is 2.96. The smallest absolute Gasteiger partial charge is 0.350 e. The van der Waals surface area contributed by atoms with Gasteiger partial charge in [0, 0.05) is 16.3 Å². The number of carbonyl (C=O) groups excluding carboxylic acids is 1. The molecule has 0 spiro atoms. The zero-order valence-electron chi connectivity index (χ0n) is 10.0. The van der Waals surface area contributed by atoms with Crippen LogP contribution in [-0.2, 0) is 4.74 Å². The standard InChI is InChI=1S/C13H10N2O2S2/c1-17-13(16)11-10(14)8-2-3-9(15-12(8)19-11)7-4-5-18-6-7/h2-6H,14H2,1H3. The molecule has 0 fully saturated rings. The van der Waals surface area contributed by atoms with Crippen LogP contribution < -0.4 is 5.73 Å². The minimum absolute atomic E-state index is 0.410. The average molecular weight is 290 g/mol. The maximum absolute atomic E-state index is 11.6. The van der Waals surface area contributed by atoms with E-state index >= 15 is 0 Å². The summed E-state index contributed by atoms with van der Waals surface area (Å²) in [5.41, 5.74) is 8.35. The lowest BCUT2D eigenvalue weighted by Crippen LogP contribution is -2.01. The van der Waals surface area contributed by atoms with Crippen molar-refractivity contribution in [2.75, 3.05) is 12.8 Å². The molecule has 0 aromatic carbocycles. The second-order valence-electron chi connectivity index (χ2n) is 3.90. The van der Waals surface area contributed by atoms with E-state index in [4.69, 9.17) is 10.5 Å². The van der Waals surface area contributed by atoms with Gasteiger partial charge in [-0.25, -0.2) is 9.78 Å². The highest BCUT2D eigenvalue weighted by Crippen LogP contribution is 2.34. The number of nitrogens with two attached hydrogens (primary N) is 1. The van der Waals surface area contributed by atoms with E-state index in [2.05, 4.69) is 4.98 Å². The van der Waals surface area contributed by atoms with E-state index in [1.807, 2.05) is 29.0 Å². The molecule has 3 aromatic rings. The molecular formula is C13H10N2O2S2. The van der Waals surface area contributed by atoms with Crippen LogP contribution in [0.4, 0.5) is 5.69 Å². The molecule has 0 aliphatic carbocycles. The molecule has 3 aromatic heterocycles. The molecule has 2 N–H and O–H groups in total. The van der Waals surface area contributed by atoms with Gasteiger partial charge < -0.3 is 10.5 Å². The fourth-order valence-electron chi connectivity index (χ4n) is 1.81. The van der Waals surface area contributed by atoms with Gasteiger partial charge in [-0.05, 0) is 23.6 Å². The molecule has 0 unspecified atom stereocenters. The molecule has 0 bridgehead atoms. The number of ether oxygens (including phenoxy) is 1. The van der Waals surface area contributed by atoms with Gasteiger partial charge in [0.1, 0.15) is 9.71 Å². The second kappa shape index (κ2) is 4.64. The Morgan fingerprint density at radius 1 is 1.37 bits per heavy atom. The molecule has 3 rings (SSSR count). The van der Waals surface area contributed by atoms with Crippen LogP contribution in [0.3, 0.4) is 0 Å². The molecule has 6 heteroatoms. The molecule has 0 saturated heterocycles. The first kappa shape index (κ1) is 12.1. The molecule has 0 atom stereocenters. The van der Waals surface area contributed by atoms with Crippen LogP contribution in [0, 0.1) is 0 Å². The van der Waals surface area contributed by atoms with Crippen LogP contribution in [0.2, 0.25) is 0 Å². The number of anilines is 1. The molecule has 0 saturated carbocycles. The van der Waals surface area contributed by atoms with Gasteiger partial charge in [-0.1, -0.05) is 0 Å². The number of nitrogen functional groups attached to an aromatic ring is 1. The molecular weight excluding hydrogens is 280 g/mol. The van der Waals surface area contributed by atoms with Gasteiger partial charge in [0.25, 0.3) is 0 Å². The third kappa shape index (κ3) is 1.98. The number of esters is 1. The summed E-state index contributed by atoms with van der Waals surface area (Å²) in [7, 11) is 1.34. The Hall–Kier alpha value is -1.92. The molecule has 19 heavy (non-hydrogen) atoms. The van der Waals surface area contributed by atoms with Crippen molar-refractivity contribution in [2.45, 2.75) is 0 Å². The molecule has 4 nitrogen and oxygen atoms in total. The number of hydrogen-bond donors (Lipinski definition) is 1. The number of methoxy groups -OCH3 is 1. The van der Waals surface area contributed by atoms with Crippen LogP contribution in [0.15, 0.2) is 29.0 Å². The van der Waals surface area contributed by atoms with Gasteiger partial charge >= 0.3 is 5.97 Å². The zero-order valence-corrected chi connectivity index (χ0v) is 11.7. The van der Waals surface area contributed by atoms with Gasteiger partial charge in [0.05, 0.1) is 18.5 Å². The highest BCUT2D eigenvalue weighted by molar-refractivity contribution is 7.21. The number of carbonyl (C=O) groups is 1. The Labute approximate surface area is 117 Å². The van der Waals surface area contributed by atoms with Crippen LogP contribution in [0.1, 0.15) is 9.67 Å². The number of hydrogen-bond acceptors (Lipinski definition) is 6. The third-order valence-electron chi connectivity index (χ3n) is 2.78. The van der Waals surface area contributed by atoms with Crippen LogP contribution >= 0.6 is 22.7 Å². The Balaban J connectivity index is 2.17. The molecule has 3 heterocycles. The molecule has 0 radical (unpaired) electrons. The molecule has 0 aliphatic rings. The Morgan fingerprint density at radius 3 is 2.89 bits per heavy atom. The Bertz CT molecular complexity index is 747. The summed E-state index contributed by atoms with van der Waals surface area (Å²) in [5.74, 6) is -0.419. The predicted molar refractivity (Wildman–Crippen MR) is 78.7 cm³/mol. The van der Waals surface area contributed by atoms with Crippen LogP contribution in [0.25, 0.3) is 21.5 Å². The van der Waals surface area contributed by atoms with Crippen molar-refractivity contribution in [3.8, 4) is 11.3 Å². The first-order valence-corrected chi connectivity index (χ1v) is 7.26. The molecule has 0 amide bonds. The quantitative estimate of drug-likeness (QED) is 0.735. The molecule has 0 aliphatic heterocycles. The minimum Gasteiger partial charge on any atom is -0.465 e. The number of aromatic nitrogens is 1. The largest absolute Gasteiger partial charge is 0.465 e. The number of fused-ring (bicyclic) bond motifs is 1. The highest BCUT2D eigenvalue weighted by atomic mass is 32.1. The maximum Gasteiger partial charge on any atom is 0.350 e. The van der Waals surface area contributed by atoms with E-state index in [9.17, 15) is 4.79 Å². The summed E-state index contributed by atoms with van der Waals surface area (Å²) in [6.07, 6.45) is 0. The zero-order chi connectivity index (χ0) is 13.4. The van der Waals surface area contributed by atoms with Crippen molar-refractivity contribution in [1.29, 1.82) is 0 Å². The maximum atomic E-state index is 11.6. The van der Waals surface area contributed by atoms with Crippen LogP contribution in [0.5, 0.6) is 0 Å². The SMILES string of the molecule is COC(=O)c1sc2nc(-c3ccsc3)ccc2c1N. The average Bonchev–Trinajstić information content (AvgIpc) is 3.06. The number of rotatable bonds is 2. The van der Waals surface area contributed by atoms with Crippen molar-refractivity contribution in [2.24, 2.45) is 0 Å². The number of nitrogens with zero attached hydrogens (tertiary/aromatic N) is 1. The van der Waals surface area contributed by atoms with E-state index in [0.717, 1.165) is 21.5 Å². The second-order valence-corrected chi connectivity index (χ2v) is 5.68. The van der Waals surface area contributed by atoms with E-state index in [1.165, 1.54) is 18.4 Å². The van der Waals surface area contributed by atoms with E-state index in [0.29, 0.717) is 10.6 Å². The lowest BCUT2D eigenvalue weighted by Gasteiger charge is -1.97. The van der Waals surface area contributed by atoms with Crippen molar-refractivity contribution in [3.05, 3.63) is 33.8 Å². The van der Waals surface area contributed by atoms with E-state index < -0.39 is 5.97 Å². The summed E-state index contributed by atoms with van der Waals surface area (Å²) in [4.78, 5) is 17.3. The molecule has 96 valence electrons. The van der Waals surface area contributed by atoms with Crippen molar-refractivity contribution >= 4 is 44.5 Å². The first-order chi connectivity index (χ1) is 9.20. The minimum atomic E-state index is -0.419. The first-order valence-electron chi connectivity index (χ1n) is 5.50. The predicted octanol–water partition coefficient (Wildman–Crippen LogP) is 3.39. The Morgan fingerprint density at radius 2 is 2.21 bits per heavy atom. The number of thiophene rings is 2. The van der Waals surface area contributed by atoms with Crippen molar-refractivity contribution in [3.63, 3.8) is 0 Å². The summed E-state index contributed by atoms with van der Waals surface area (Å²) < 4.78 is 4.71. The van der Waals surface area contributed by atoms with Gasteiger partial charge in [-0.15, -0.1) is 11.3 Å². The van der Waals surface area contributed by atoms with Crippen molar-refractivity contribution in [1.82, 2.24) is 4.98 Å². The fraction of sp³-hybridized carbons (Fsp3) is 0.0769. The van der Waals surface area contributed by atoms with Gasteiger partial charge in [-0.3, -0.25) is 0 Å². The van der Waals surface area contributed by atoms with E-state index in [-0.39, 0.29) is 0 Å². The highest BCUT2D eigenvalue weighted by Gasteiger charge is 2.18. The summed E-state index contributed by atoms with van der Waals surface area (Å²) in [6.45, 7) is 0. The van der Waals surface area contributed by atoms with Gasteiger partial charge in [0.15, 0.2) is 0 Å². The summed E-state index contributed by atoms with van der Waals surface area (Å²) in [6, 6.07) is 5.82. The number of pyridine rings is 1. The summed E-state index contributed by atoms with van der Waals surface area (Å²) >= 11 is 2.88.